The lowest BCUT2D eigenvalue weighted by Gasteiger charge is -2.33. The van der Waals surface area contributed by atoms with Crippen molar-refractivity contribution in [1.29, 1.82) is 0 Å². The molecule has 3 heterocycles. The van der Waals surface area contributed by atoms with E-state index >= 15 is 0 Å². The number of hydrogen-bond acceptors (Lipinski definition) is 7. The van der Waals surface area contributed by atoms with Gasteiger partial charge in [-0.2, -0.15) is 0 Å². The maximum absolute atomic E-state index is 6.63. The first-order valence-electron chi connectivity index (χ1n) is 15.6. The van der Waals surface area contributed by atoms with Crippen molar-refractivity contribution in [3.8, 4) is 5.75 Å². The number of ether oxygens (including phenoxy) is 6. The normalized spacial score (nSPS) is 22.7. The SMILES string of the molecule is C=C/C=C\C(=C(/S)OCC1CO1)C(C)(C)Cc1cccc(C(C)(C)CC(=C/C=C\C)/C(=C\C)OCC2CO2)c1OCC1CO1. The number of allylic oxidation sites excluding steroid dienone is 9. The molecule has 0 aromatic heterocycles. The first-order valence-corrected chi connectivity index (χ1v) is 16.1. The van der Waals surface area contributed by atoms with Crippen molar-refractivity contribution in [3.63, 3.8) is 0 Å². The number of epoxide rings is 3. The van der Waals surface area contributed by atoms with E-state index in [0.717, 1.165) is 60.0 Å². The van der Waals surface area contributed by atoms with Crippen LogP contribution in [0.4, 0.5) is 0 Å². The maximum atomic E-state index is 6.63. The molecule has 0 saturated carbocycles. The lowest BCUT2D eigenvalue weighted by atomic mass is 9.74. The fourth-order valence-corrected chi connectivity index (χ4v) is 5.68. The summed E-state index contributed by atoms with van der Waals surface area (Å²) in [6, 6.07) is 6.50. The van der Waals surface area contributed by atoms with Gasteiger partial charge in [-0.05, 0) is 54.7 Å². The van der Waals surface area contributed by atoms with Crippen molar-refractivity contribution < 1.29 is 28.4 Å². The van der Waals surface area contributed by atoms with Gasteiger partial charge >= 0.3 is 0 Å². The second-order valence-electron chi connectivity index (χ2n) is 12.9. The molecule has 3 atom stereocenters. The van der Waals surface area contributed by atoms with Gasteiger partial charge in [0.05, 0.1) is 19.8 Å². The van der Waals surface area contributed by atoms with Gasteiger partial charge in [-0.15, -0.1) is 12.6 Å². The molecule has 3 unspecified atom stereocenters. The third kappa shape index (κ3) is 10.2. The van der Waals surface area contributed by atoms with Crippen LogP contribution in [0.5, 0.6) is 5.75 Å². The molecule has 4 rings (SSSR count). The van der Waals surface area contributed by atoms with Crippen molar-refractivity contribution >= 4 is 12.6 Å². The molecule has 0 aliphatic carbocycles. The Morgan fingerprint density at radius 3 is 2.18 bits per heavy atom. The number of para-hydroxylation sites is 1. The van der Waals surface area contributed by atoms with Crippen LogP contribution in [0.3, 0.4) is 0 Å². The van der Waals surface area contributed by atoms with Crippen LogP contribution in [0.15, 0.2) is 89.3 Å². The van der Waals surface area contributed by atoms with Crippen LogP contribution in [0.1, 0.15) is 59.1 Å². The summed E-state index contributed by atoms with van der Waals surface area (Å²) in [5.74, 6) is 1.81. The van der Waals surface area contributed by atoms with Crippen LogP contribution < -0.4 is 4.74 Å². The van der Waals surface area contributed by atoms with Crippen LogP contribution in [0.25, 0.3) is 0 Å². The highest BCUT2D eigenvalue weighted by Gasteiger charge is 2.34. The van der Waals surface area contributed by atoms with Gasteiger partial charge in [-0.3, -0.25) is 0 Å². The average Bonchev–Trinajstić information content (AvgIpc) is 3.83. The lowest BCUT2D eigenvalue weighted by Crippen LogP contribution is -2.24. The average molecular weight is 623 g/mol. The molecule has 7 heteroatoms. The Hall–Kier alpha value is -2.71. The Balaban J connectivity index is 1.66. The van der Waals surface area contributed by atoms with E-state index in [1.807, 2.05) is 38.2 Å². The first kappa shape index (κ1) is 34.2. The molecular formula is C37H50O6S. The molecule has 6 nitrogen and oxygen atoms in total. The lowest BCUT2D eigenvalue weighted by molar-refractivity contribution is 0.186. The summed E-state index contributed by atoms with van der Waals surface area (Å²) in [5.41, 5.74) is 3.81. The highest BCUT2D eigenvalue weighted by atomic mass is 32.1. The van der Waals surface area contributed by atoms with E-state index in [9.17, 15) is 0 Å². The molecule has 3 aliphatic rings. The second-order valence-corrected chi connectivity index (χ2v) is 13.3. The summed E-state index contributed by atoms with van der Waals surface area (Å²) in [7, 11) is 0. The molecule has 3 aliphatic heterocycles. The summed E-state index contributed by atoms with van der Waals surface area (Å²) in [4.78, 5) is 0. The van der Waals surface area contributed by atoms with E-state index in [2.05, 4.69) is 64.6 Å². The van der Waals surface area contributed by atoms with Crippen LogP contribution in [0.2, 0.25) is 0 Å². The molecule has 0 radical (unpaired) electrons. The molecule has 1 aromatic rings. The van der Waals surface area contributed by atoms with Gasteiger partial charge in [0.25, 0.3) is 0 Å². The molecule has 1 aromatic carbocycles. The van der Waals surface area contributed by atoms with Crippen LogP contribution in [-0.4, -0.2) is 58.0 Å². The van der Waals surface area contributed by atoms with E-state index in [1.54, 1.807) is 6.08 Å². The van der Waals surface area contributed by atoms with Crippen LogP contribution in [0, 0.1) is 5.41 Å². The van der Waals surface area contributed by atoms with Gasteiger partial charge in [-0.25, -0.2) is 0 Å². The zero-order valence-corrected chi connectivity index (χ0v) is 28.2. The van der Waals surface area contributed by atoms with Gasteiger partial charge in [0.2, 0.25) is 0 Å². The van der Waals surface area contributed by atoms with E-state index in [0.29, 0.717) is 31.3 Å². The number of rotatable bonds is 19. The molecule has 3 fully saturated rings. The summed E-state index contributed by atoms with van der Waals surface area (Å²) < 4.78 is 35.2. The Kier molecular flexibility index (Phi) is 12.1. The molecule has 44 heavy (non-hydrogen) atoms. The van der Waals surface area contributed by atoms with Crippen molar-refractivity contribution in [2.45, 2.75) is 78.1 Å². The molecular weight excluding hydrogens is 572 g/mol. The Bertz CT molecular complexity index is 1290. The van der Waals surface area contributed by atoms with Crippen LogP contribution >= 0.6 is 12.6 Å². The zero-order chi connectivity index (χ0) is 31.7. The van der Waals surface area contributed by atoms with Gasteiger partial charge in [0, 0.05) is 11.1 Å². The molecule has 240 valence electrons. The van der Waals surface area contributed by atoms with Crippen molar-refractivity contribution in [2.24, 2.45) is 5.41 Å². The van der Waals surface area contributed by atoms with E-state index < -0.39 is 0 Å². The van der Waals surface area contributed by atoms with Gasteiger partial charge in [-0.1, -0.05) is 88.9 Å². The monoisotopic (exact) mass is 622 g/mol. The topological polar surface area (TPSA) is 65.3 Å². The number of thiol groups is 1. The Labute approximate surface area is 269 Å². The molecule has 0 amide bonds. The van der Waals surface area contributed by atoms with Crippen molar-refractivity contribution in [2.75, 3.05) is 39.6 Å². The summed E-state index contributed by atoms with van der Waals surface area (Å²) in [6.45, 7) is 20.7. The fourth-order valence-electron chi connectivity index (χ4n) is 5.22. The summed E-state index contributed by atoms with van der Waals surface area (Å²) >= 11 is 4.79. The maximum Gasteiger partial charge on any atom is 0.154 e. The Morgan fingerprint density at radius 1 is 0.955 bits per heavy atom. The van der Waals surface area contributed by atoms with Crippen molar-refractivity contribution in [3.05, 3.63) is 100 Å². The molecule has 0 N–H and O–H groups in total. The van der Waals surface area contributed by atoms with Gasteiger partial charge in [0.15, 0.2) is 5.09 Å². The first-order chi connectivity index (χ1) is 21.1. The van der Waals surface area contributed by atoms with Gasteiger partial charge in [0.1, 0.15) is 49.6 Å². The standard InChI is InChI=1S/C37H50O6S/c1-8-11-14-26(33(10-3)41-23-28-20-38-28)18-36(4,5)31-17-13-15-27(34(31)42-24-29-21-39-29)19-37(6,7)32(16-12-9-2)35(44)43-25-30-22-40-30/h8-17,28-30,44H,2,18-25H2,1,3-7H3/b11-8-,16-12-,26-14-,33-10+,35-32+. The summed E-state index contributed by atoms with van der Waals surface area (Å²) in [5, 5.41) is 0.600. The van der Waals surface area contributed by atoms with E-state index in [1.165, 1.54) is 0 Å². The largest absolute Gasteiger partial charge is 0.491 e. The third-order valence-corrected chi connectivity index (χ3v) is 8.34. The van der Waals surface area contributed by atoms with Gasteiger partial charge < -0.3 is 28.4 Å². The zero-order valence-electron chi connectivity index (χ0n) is 27.3. The van der Waals surface area contributed by atoms with E-state index in [4.69, 9.17) is 41.0 Å². The minimum absolute atomic E-state index is 0.137. The highest BCUT2D eigenvalue weighted by molar-refractivity contribution is 7.84. The quantitative estimate of drug-likeness (QED) is 0.0735. The molecule has 3 saturated heterocycles. The number of hydrogen-bond donors (Lipinski definition) is 1. The summed E-state index contributed by atoms with van der Waals surface area (Å²) in [6.07, 6.45) is 16.0. The third-order valence-electron chi connectivity index (χ3n) is 7.97. The fraction of sp³-hybridized carbons (Fsp3) is 0.514. The van der Waals surface area contributed by atoms with Crippen LogP contribution in [-0.2, 0) is 35.5 Å². The molecule has 0 spiro atoms. The minimum Gasteiger partial charge on any atom is -0.491 e. The second kappa shape index (κ2) is 15.5. The predicted molar refractivity (Wildman–Crippen MR) is 180 cm³/mol. The van der Waals surface area contributed by atoms with Crippen molar-refractivity contribution in [1.82, 2.24) is 0 Å². The molecule has 0 bridgehead atoms. The Morgan fingerprint density at radius 2 is 1.59 bits per heavy atom. The minimum atomic E-state index is -0.328. The number of benzene rings is 1. The smallest absolute Gasteiger partial charge is 0.154 e. The highest BCUT2D eigenvalue weighted by Crippen LogP contribution is 2.44. The predicted octanol–water partition coefficient (Wildman–Crippen LogP) is 7.82. The van der Waals surface area contributed by atoms with E-state index in [-0.39, 0.29) is 29.1 Å².